The maximum Gasteiger partial charge on any atom is 0.262 e. The summed E-state index contributed by atoms with van der Waals surface area (Å²) in [6.45, 7) is 2.00. The second-order valence-electron chi connectivity index (χ2n) is 6.63. The fourth-order valence-corrected chi connectivity index (χ4v) is 4.45. The average molecular weight is 391 g/mol. The number of aromatic nitrogens is 2. The quantitative estimate of drug-likeness (QED) is 0.546. The van der Waals surface area contributed by atoms with E-state index in [-0.39, 0.29) is 11.9 Å². The molecule has 142 valence electrons. The van der Waals surface area contributed by atoms with Crippen LogP contribution in [0, 0.1) is 6.92 Å². The lowest BCUT2D eigenvalue weighted by Gasteiger charge is -2.19. The number of imidazole rings is 1. The number of amides is 1. The Morgan fingerprint density at radius 3 is 2.57 bits per heavy atom. The van der Waals surface area contributed by atoms with Gasteiger partial charge in [0, 0.05) is 24.1 Å². The predicted molar refractivity (Wildman–Crippen MR) is 112 cm³/mol. The van der Waals surface area contributed by atoms with Crippen molar-refractivity contribution in [3.8, 4) is 5.75 Å². The highest BCUT2D eigenvalue weighted by Gasteiger charge is 2.24. The van der Waals surface area contributed by atoms with Crippen molar-refractivity contribution in [2.24, 2.45) is 7.05 Å². The van der Waals surface area contributed by atoms with Crippen LogP contribution in [0.2, 0.25) is 0 Å². The molecule has 0 radical (unpaired) electrons. The maximum absolute atomic E-state index is 13.2. The van der Waals surface area contributed by atoms with Gasteiger partial charge in [-0.05, 0) is 41.6 Å². The van der Waals surface area contributed by atoms with E-state index in [4.69, 9.17) is 4.74 Å². The Kier molecular flexibility index (Phi) is 4.88. The third kappa shape index (κ3) is 3.27. The van der Waals surface area contributed by atoms with E-state index >= 15 is 0 Å². The second kappa shape index (κ2) is 7.48. The molecule has 2 heterocycles. The van der Waals surface area contributed by atoms with Gasteiger partial charge in [-0.2, -0.15) is 0 Å². The zero-order chi connectivity index (χ0) is 19.7. The van der Waals surface area contributed by atoms with Crippen molar-refractivity contribution >= 4 is 27.3 Å². The smallest absolute Gasteiger partial charge is 0.262 e. The van der Waals surface area contributed by atoms with Gasteiger partial charge in [0.1, 0.15) is 17.6 Å². The number of carbonyl (C=O) groups excluding carboxylic acids is 1. The molecule has 0 spiro atoms. The third-order valence-electron chi connectivity index (χ3n) is 4.89. The lowest BCUT2D eigenvalue weighted by molar-refractivity contribution is 0.0945. The zero-order valence-corrected chi connectivity index (χ0v) is 16.8. The fourth-order valence-electron chi connectivity index (χ4n) is 3.34. The Balaban J connectivity index is 1.71. The van der Waals surface area contributed by atoms with E-state index in [1.807, 2.05) is 67.2 Å². The molecule has 0 saturated heterocycles. The van der Waals surface area contributed by atoms with Gasteiger partial charge in [-0.25, -0.2) is 4.98 Å². The number of ether oxygens (including phenoxy) is 1. The molecular formula is C22H21N3O2S. The summed E-state index contributed by atoms with van der Waals surface area (Å²) in [5.41, 5.74) is 1.95. The molecule has 1 N–H and O–H groups in total. The summed E-state index contributed by atoms with van der Waals surface area (Å²) in [6, 6.07) is 15.4. The van der Waals surface area contributed by atoms with Crippen LogP contribution in [0.5, 0.6) is 5.75 Å². The van der Waals surface area contributed by atoms with Crippen molar-refractivity contribution in [2.45, 2.75) is 13.0 Å². The number of fused-ring (bicyclic) bond motifs is 1. The molecule has 1 amide bonds. The number of methoxy groups -OCH3 is 1. The summed E-state index contributed by atoms with van der Waals surface area (Å²) in [6.07, 6.45) is 3.62. The van der Waals surface area contributed by atoms with Crippen LogP contribution in [0.1, 0.15) is 32.7 Å². The van der Waals surface area contributed by atoms with Crippen LogP contribution in [0.15, 0.2) is 60.9 Å². The number of nitrogens with one attached hydrogen (secondary N) is 1. The Morgan fingerprint density at radius 2 is 1.93 bits per heavy atom. The van der Waals surface area contributed by atoms with Gasteiger partial charge >= 0.3 is 0 Å². The SMILES string of the molecule is COc1ccc(C(NC(=O)c2sc3ccccc3c2C)c2nccn2C)cc1. The second-order valence-corrected chi connectivity index (χ2v) is 7.68. The number of rotatable bonds is 5. The number of benzene rings is 2. The van der Waals surface area contributed by atoms with Gasteiger partial charge in [0.05, 0.1) is 12.0 Å². The van der Waals surface area contributed by atoms with Gasteiger partial charge in [0.2, 0.25) is 0 Å². The number of thiophene rings is 1. The molecule has 2 aromatic heterocycles. The highest BCUT2D eigenvalue weighted by molar-refractivity contribution is 7.21. The molecule has 6 heteroatoms. The van der Waals surface area contributed by atoms with Gasteiger partial charge in [-0.3, -0.25) is 4.79 Å². The fraction of sp³-hybridized carbons (Fsp3) is 0.182. The van der Waals surface area contributed by atoms with Crippen LogP contribution in [0.3, 0.4) is 0 Å². The number of hydrogen-bond acceptors (Lipinski definition) is 4. The van der Waals surface area contributed by atoms with E-state index in [9.17, 15) is 4.79 Å². The van der Waals surface area contributed by atoms with E-state index in [0.717, 1.165) is 37.7 Å². The van der Waals surface area contributed by atoms with Crippen LogP contribution in [0.4, 0.5) is 0 Å². The summed E-state index contributed by atoms with van der Waals surface area (Å²) in [7, 11) is 3.56. The molecule has 0 bridgehead atoms. The van der Waals surface area contributed by atoms with Crippen molar-refractivity contribution in [1.82, 2.24) is 14.9 Å². The van der Waals surface area contributed by atoms with Crippen molar-refractivity contribution in [3.63, 3.8) is 0 Å². The summed E-state index contributed by atoms with van der Waals surface area (Å²) in [5.74, 6) is 1.45. The minimum Gasteiger partial charge on any atom is -0.497 e. The highest BCUT2D eigenvalue weighted by Crippen LogP contribution is 2.31. The van der Waals surface area contributed by atoms with Gasteiger partial charge < -0.3 is 14.6 Å². The third-order valence-corrected chi connectivity index (χ3v) is 6.16. The monoisotopic (exact) mass is 391 g/mol. The molecule has 5 nitrogen and oxygen atoms in total. The first-order valence-electron chi connectivity index (χ1n) is 8.98. The minimum absolute atomic E-state index is 0.0949. The van der Waals surface area contributed by atoms with Crippen molar-refractivity contribution in [2.75, 3.05) is 7.11 Å². The highest BCUT2D eigenvalue weighted by atomic mass is 32.1. The molecule has 1 unspecified atom stereocenters. The lowest BCUT2D eigenvalue weighted by atomic mass is 10.1. The number of aryl methyl sites for hydroxylation is 2. The van der Waals surface area contributed by atoms with Crippen LogP contribution in [-0.2, 0) is 7.05 Å². The molecule has 2 aromatic carbocycles. The average Bonchev–Trinajstić information content (AvgIpc) is 3.30. The standard InChI is InChI=1S/C22H21N3O2S/c1-14-17-6-4-5-7-18(17)28-20(14)22(26)24-19(21-23-12-13-25(21)2)15-8-10-16(27-3)11-9-15/h4-13,19H,1-3H3,(H,24,26). The molecule has 0 saturated carbocycles. The molecule has 0 aliphatic rings. The molecular weight excluding hydrogens is 370 g/mol. The Morgan fingerprint density at radius 1 is 1.18 bits per heavy atom. The molecule has 4 rings (SSSR count). The van der Waals surface area contributed by atoms with Crippen molar-refractivity contribution in [3.05, 3.63) is 82.8 Å². The van der Waals surface area contributed by atoms with E-state index in [1.54, 1.807) is 13.3 Å². The summed E-state index contributed by atoms with van der Waals surface area (Å²) in [5, 5.41) is 4.30. The van der Waals surface area contributed by atoms with Crippen LogP contribution < -0.4 is 10.1 Å². The lowest BCUT2D eigenvalue weighted by Crippen LogP contribution is -2.31. The molecule has 4 aromatic rings. The molecule has 0 fully saturated rings. The first-order valence-corrected chi connectivity index (χ1v) is 9.80. The van der Waals surface area contributed by atoms with Gasteiger partial charge in [0.15, 0.2) is 0 Å². The van der Waals surface area contributed by atoms with Crippen LogP contribution in [0.25, 0.3) is 10.1 Å². The Hall–Kier alpha value is -3.12. The molecule has 0 aliphatic heterocycles. The normalized spacial score (nSPS) is 12.1. The first-order chi connectivity index (χ1) is 13.6. The number of nitrogens with zero attached hydrogens (tertiary/aromatic N) is 2. The molecule has 1 atom stereocenters. The minimum atomic E-state index is -0.358. The van der Waals surface area contributed by atoms with E-state index < -0.39 is 0 Å². The predicted octanol–water partition coefficient (Wildman–Crippen LogP) is 4.47. The largest absolute Gasteiger partial charge is 0.497 e. The number of hydrogen-bond donors (Lipinski definition) is 1. The van der Waals surface area contributed by atoms with Gasteiger partial charge in [-0.15, -0.1) is 11.3 Å². The Labute approximate surface area is 167 Å². The summed E-state index contributed by atoms with van der Waals surface area (Å²) in [4.78, 5) is 18.4. The topological polar surface area (TPSA) is 56.1 Å². The van der Waals surface area contributed by atoms with Crippen molar-refractivity contribution < 1.29 is 9.53 Å². The van der Waals surface area contributed by atoms with Crippen LogP contribution >= 0.6 is 11.3 Å². The zero-order valence-electron chi connectivity index (χ0n) is 16.0. The van der Waals surface area contributed by atoms with Gasteiger partial charge in [0.25, 0.3) is 5.91 Å². The summed E-state index contributed by atoms with van der Waals surface area (Å²) < 4.78 is 8.29. The van der Waals surface area contributed by atoms with E-state index in [2.05, 4.69) is 16.4 Å². The summed E-state index contributed by atoms with van der Waals surface area (Å²) >= 11 is 1.52. The molecule has 28 heavy (non-hydrogen) atoms. The first kappa shape index (κ1) is 18.3. The molecule has 0 aliphatic carbocycles. The Bertz CT molecular complexity index is 1130. The van der Waals surface area contributed by atoms with E-state index in [1.165, 1.54) is 11.3 Å². The maximum atomic E-state index is 13.2. The van der Waals surface area contributed by atoms with E-state index in [0.29, 0.717) is 0 Å². The van der Waals surface area contributed by atoms with Gasteiger partial charge in [-0.1, -0.05) is 30.3 Å². The van der Waals surface area contributed by atoms with Crippen molar-refractivity contribution in [1.29, 1.82) is 0 Å². The number of carbonyl (C=O) groups is 1. The van der Waals surface area contributed by atoms with Crippen LogP contribution in [-0.4, -0.2) is 22.6 Å².